The van der Waals surface area contributed by atoms with Gasteiger partial charge < -0.3 is 4.74 Å². The molecule has 104 valence electrons. The van der Waals surface area contributed by atoms with Gasteiger partial charge in [0, 0.05) is 10.5 Å². The summed E-state index contributed by atoms with van der Waals surface area (Å²) in [6, 6.07) is 15.9. The van der Waals surface area contributed by atoms with Crippen LogP contribution in [0.4, 0.5) is 0 Å². The van der Waals surface area contributed by atoms with Crippen molar-refractivity contribution in [2.45, 2.75) is 17.1 Å². The third kappa shape index (κ3) is 3.14. The van der Waals surface area contributed by atoms with Crippen molar-refractivity contribution >= 4 is 16.6 Å². The first kappa shape index (κ1) is 14.5. The fourth-order valence-electron chi connectivity index (χ4n) is 1.85. The molecule has 0 aliphatic carbocycles. The lowest BCUT2D eigenvalue weighted by Gasteiger charge is -2.11. The molecule has 0 spiro atoms. The highest BCUT2D eigenvalue weighted by Gasteiger charge is 2.22. The minimum Gasteiger partial charge on any atom is -0.497 e. The zero-order valence-corrected chi connectivity index (χ0v) is 12.2. The van der Waals surface area contributed by atoms with Crippen molar-refractivity contribution in [1.29, 1.82) is 0 Å². The quantitative estimate of drug-likeness (QED) is 0.794. The Labute approximate surface area is 121 Å². The summed E-state index contributed by atoms with van der Waals surface area (Å²) in [5.41, 5.74) is 0.544. The van der Waals surface area contributed by atoms with E-state index >= 15 is 0 Å². The lowest BCUT2D eigenvalue weighted by molar-refractivity contribution is 0.0992. The second-order valence-corrected chi connectivity index (χ2v) is 6.12. The molecule has 4 heteroatoms. The molecule has 0 N–H and O–H groups in total. The van der Waals surface area contributed by atoms with Gasteiger partial charge in [0.05, 0.1) is 23.2 Å². The molecule has 2 rings (SSSR count). The lowest BCUT2D eigenvalue weighted by atomic mass is 10.1. The Morgan fingerprint density at radius 1 is 1.05 bits per heavy atom. The van der Waals surface area contributed by atoms with E-state index in [9.17, 15) is 9.00 Å². The number of carbonyl (C=O) groups is 1. The maximum Gasteiger partial charge on any atom is 0.178 e. The van der Waals surface area contributed by atoms with E-state index in [0.29, 0.717) is 16.2 Å². The SMILES string of the molecule is COc1ccc(C(=O)C(C)S(=O)c2ccccc2)cc1. The fraction of sp³-hybridized carbons (Fsp3) is 0.188. The summed E-state index contributed by atoms with van der Waals surface area (Å²) in [4.78, 5) is 13.0. The standard InChI is InChI=1S/C16H16O3S/c1-12(20(18)15-6-4-3-5-7-15)16(17)13-8-10-14(19-2)11-9-13/h3-12H,1-2H3. The molecule has 0 heterocycles. The molecule has 2 unspecified atom stereocenters. The van der Waals surface area contributed by atoms with Crippen LogP contribution in [0.3, 0.4) is 0 Å². The van der Waals surface area contributed by atoms with Gasteiger partial charge in [-0.25, -0.2) is 0 Å². The average molecular weight is 288 g/mol. The summed E-state index contributed by atoms with van der Waals surface area (Å²) in [5, 5.41) is -0.578. The van der Waals surface area contributed by atoms with E-state index in [4.69, 9.17) is 4.74 Å². The van der Waals surface area contributed by atoms with Crippen LogP contribution in [0.2, 0.25) is 0 Å². The molecule has 0 amide bonds. The number of ketones is 1. The van der Waals surface area contributed by atoms with Crippen LogP contribution in [0.15, 0.2) is 59.5 Å². The molecule has 3 nitrogen and oxygen atoms in total. The monoisotopic (exact) mass is 288 g/mol. The highest BCUT2D eigenvalue weighted by atomic mass is 32.2. The Morgan fingerprint density at radius 2 is 1.65 bits per heavy atom. The van der Waals surface area contributed by atoms with Gasteiger partial charge in [-0.2, -0.15) is 0 Å². The van der Waals surface area contributed by atoms with Gasteiger partial charge >= 0.3 is 0 Å². The van der Waals surface area contributed by atoms with Gasteiger partial charge in [0.25, 0.3) is 0 Å². The summed E-state index contributed by atoms with van der Waals surface area (Å²) < 4.78 is 17.4. The normalized spacial score (nSPS) is 13.5. The van der Waals surface area contributed by atoms with Crippen LogP contribution in [0, 0.1) is 0 Å². The smallest absolute Gasteiger partial charge is 0.178 e. The number of methoxy groups -OCH3 is 1. The molecule has 0 saturated carbocycles. The number of carbonyl (C=O) groups excluding carboxylic acids is 1. The zero-order chi connectivity index (χ0) is 14.5. The number of ether oxygens (including phenoxy) is 1. The van der Waals surface area contributed by atoms with Crippen LogP contribution >= 0.6 is 0 Å². The fourth-order valence-corrected chi connectivity index (χ4v) is 3.01. The third-order valence-electron chi connectivity index (χ3n) is 3.04. The molecule has 2 aromatic carbocycles. The van der Waals surface area contributed by atoms with Crippen LogP contribution in [-0.4, -0.2) is 22.4 Å². The minimum absolute atomic E-state index is 0.130. The Bertz CT molecular complexity index is 605. The Kier molecular flexibility index (Phi) is 4.69. The van der Waals surface area contributed by atoms with Crippen molar-refractivity contribution in [1.82, 2.24) is 0 Å². The predicted octanol–water partition coefficient (Wildman–Crippen LogP) is 3.07. The van der Waals surface area contributed by atoms with Gasteiger partial charge in [-0.15, -0.1) is 0 Å². The first-order chi connectivity index (χ1) is 9.63. The van der Waals surface area contributed by atoms with Gasteiger partial charge in [-0.05, 0) is 43.3 Å². The molecule has 0 fully saturated rings. The second kappa shape index (κ2) is 6.48. The van der Waals surface area contributed by atoms with E-state index in [2.05, 4.69) is 0 Å². The summed E-state index contributed by atoms with van der Waals surface area (Å²) >= 11 is 0. The maximum absolute atomic E-state index is 12.3. The highest BCUT2D eigenvalue weighted by molar-refractivity contribution is 7.86. The molecule has 0 saturated heterocycles. The van der Waals surface area contributed by atoms with Gasteiger partial charge in [0.2, 0.25) is 0 Å². The predicted molar refractivity (Wildman–Crippen MR) is 79.6 cm³/mol. The number of hydrogen-bond acceptors (Lipinski definition) is 3. The van der Waals surface area contributed by atoms with E-state index < -0.39 is 16.0 Å². The second-order valence-electron chi connectivity index (χ2n) is 4.35. The summed E-state index contributed by atoms with van der Waals surface area (Å²) in [6.07, 6.45) is 0. The van der Waals surface area contributed by atoms with E-state index in [1.54, 1.807) is 50.4 Å². The maximum atomic E-state index is 12.3. The third-order valence-corrected chi connectivity index (χ3v) is 4.63. The van der Waals surface area contributed by atoms with Crippen molar-refractivity contribution < 1.29 is 13.7 Å². The van der Waals surface area contributed by atoms with Gasteiger partial charge in [0.1, 0.15) is 5.75 Å². The van der Waals surface area contributed by atoms with Crippen LogP contribution in [-0.2, 0) is 10.8 Å². The van der Waals surface area contributed by atoms with Gasteiger partial charge in [-0.1, -0.05) is 18.2 Å². The molecule has 2 aromatic rings. The van der Waals surface area contributed by atoms with Crippen molar-refractivity contribution in [3.05, 3.63) is 60.2 Å². The van der Waals surface area contributed by atoms with Crippen molar-refractivity contribution in [2.75, 3.05) is 7.11 Å². The molecule has 0 radical (unpaired) electrons. The Balaban J connectivity index is 2.17. The highest BCUT2D eigenvalue weighted by Crippen LogP contribution is 2.17. The van der Waals surface area contributed by atoms with Crippen molar-refractivity contribution in [2.24, 2.45) is 0 Å². The van der Waals surface area contributed by atoms with E-state index in [1.807, 2.05) is 18.2 Å². The number of benzene rings is 2. The number of rotatable bonds is 5. The molecule has 20 heavy (non-hydrogen) atoms. The first-order valence-corrected chi connectivity index (χ1v) is 7.48. The lowest BCUT2D eigenvalue weighted by Crippen LogP contribution is -2.22. The average Bonchev–Trinajstić information content (AvgIpc) is 2.53. The zero-order valence-electron chi connectivity index (χ0n) is 11.4. The van der Waals surface area contributed by atoms with Crippen molar-refractivity contribution in [3.8, 4) is 5.75 Å². The van der Waals surface area contributed by atoms with Crippen LogP contribution in [0.5, 0.6) is 5.75 Å². The van der Waals surface area contributed by atoms with Crippen molar-refractivity contribution in [3.63, 3.8) is 0 Å². The number of Topliss-reactive ketones (excluding diaryl/α,β-unsaturated/α-hetero) is 1. The topological polar surface area (TPSA) is 43.4 Å². The Hall–Kier alpha value is -1.94. The number of hydrogen-bond donors (Lipinski definition) is 0. The van der Waals surface area contributed by atoms with Gasteiger partial charge in [-0.3, -0.25) is 9.00 Å². The van der Waals surface area contributed by atoms with E-state index in [0.717, 1.165) is 0 Å². The summed E-state index contributed by atoms with van der Waals surface area (Å²) in [5.74, 6) is 0.563. The molecular weight excluding hydrogens is 272 g/mol. The van der Waals surface area contributed by atoms with Crippen LogP contribution in [0.25, 0.3) is 0 Å². The molecule has 2 atom stereocenters. The van der Waals surface area contributed by atoms with E-state index in [1.165, 1.54) is 0 Å². The summed E-state index contributed by atoms with van der Waals surface area (Å²) in [6.45, 7) is 1.69. The molecule has 0 aliphatic rings. The molecule has 0 aliphatic heterocycles. The van der Waals surface area contributed by atoms with Crippen LogP contribution < -0.4 is 4.74 Å². The largest absolute Gasteiger partial charge is 0.497 e. The van der Waals surface area contributed by atoms with Crippen LogP contribution in [0.1, 0.15) is 17.3 Å². The Morgan fingerprint density at radius 3 is 2.20 bits per heavy atom. The molecule has 0 aromatic heterocycles. The molecular formula is C16H16O3S. The minimum atomic E-state index is -1.35. The summed E-state index contributed by atoms with van der Waals surface area (Å²) in [7, 11) is 0.227. The first-order valence-electron chi connectivity index (χ1n) is 6.27. The molecule has 0 bridgehead atoms. The van der Waals surface area contributed by atoms with E-state index in [-0.39, 0.29) is 5.78 Å². The van der Waals surface area contributed by atoms with Gasteiger partial charge in [0.15, 0.2) is 5.78 Å².